The fraction of sp³-hybridized carbons (Fsp3) is 1.00. The van der Waals surface area contributed by atoms with Crippen molar-refractivity contribution in [2.75, 3.05) is 27.2 Å². The lowest BCUT2D eigenvalue weighted by molar-refractivity contribution is 0.197. The predicted octanol–water partition coefficient (Wildman–Crippen LogP) is 0.789. The van der Waals surface area contributed by atoms with Gasteiger partial charge in [0.15, 0.2) is 0 Å². The molecule has 1 saturated carbocycles. The Balaban J connectivity index is 2.10. The maximum absolute atomic E-state index is 12.6. The van der Waals surface area contributed by atoms with Crippen molar-refractivity contribution >= 4 is 10.2 Å². The van der Waals surface area contributed by atoms with Gasteiger partial charge in [-0.2, -0.15) is 17.0 Å². The Morgan fingerprint density at radius 3 is 2.50 bits per heavy atom. The molecule has 6 heteroatoms. The summed E-state index contributed by atoms with van der Waals surface area (Å²) in [5, 5.41) is 3.11. The van der Waals surface area contributed by atoms with Gasteiger partial charge >= 0.3 is 0 Å². The lowest BCUT2D eigenvalue weighted by Gasteiger charge is -2.41. The molecule has 1 aliphatic heterocycles. The molecule has 18 heavy (non-hydrogen) atoms. The second kappa shape index (κ2) is 5.86. The van der Waals surface area contributed by atoms with Crippen LogP contribution in [0.1, 0.15) is 38.5 Å². The van der Waals surface area contributed by atoms with Crippen LogP contribution < -0.4 is 5.32 Å². The average molecular weight is 275 g/mol. The van der Waals surface area contributed by atoms with Crippen molar-refractivity contribution in [1.82, 2.24) is 13.9 Å². The van der Waals surface area contributed by atoms with Gasteiger partial charge in [0.25, 0.3) is 10.2 Å². The fourth-order valence-corrected chi connectivity index (χ4v) is 4.66. The molecule has 2 rings (SSSR count). The Morgan fingerprint density at radius 2 is 1.94 bits per heavy atom. The Kier molecular flexibility index (Phi) is 4.64. The van der Waals surface area contributed by atoms with Crippen LogP contribution in [0, 0.1) is 0 Å². The largest absolute Gasteiger partial charge is 0.318 e. The molecule has 0 spiro atoms. The fourth-order valence-electron chi connectivity index (χ4n) is 2.82. The minimum Gasteiger partial charge on any atom is -0.318 e. The molecule has 5 nitrogen and oxygen atoms in total. The van der Waals surface area contributed by atoms with Gasteiger partial charge in [-0.05, 0) is 32.7 Å². The first-order chi connectivity index (χ1) is 8.57. The molecule has 1 aliphatic carbocycles. The molecule has 1 unspecified atom stereocenters. The van der Waals surface area contributed by atoms with E-state index in [0.717, 1.165) is 45.1 Å². The van der Waals surface area contributed by atoms with Crippen molar-refractivity contribution in [3.63, 3.8) is 0 Å². The number of piperidine rings is 1. The van der Waals surface area contributed by atoms with Gasteiger partial charge in [-0.1, -0.05) is 12.8 Å². The highest BCUT2D eigenvalue weighted by Crippen LogP contribution is 2.29. The number of nitrogens with zero attached hydrogens (tertiary/aromatic N) is 2. The van der Waals surface area contributed by atoms with Crippen LogP contribution in [0.2, 0.25) is 0 Å². The van der Waals surface area contributed by atoms with E-state index in [9.17, 15) is 8.42 Å². The molecule has 0 aromatic carbocycles. The Labute approximate surface area is 111 Å². The summed E-state index contributed by atoms with van der Waals surface area (Å²) in [4.78, 5) is 0. The monoisotopic (exact) mass is 275 g/mol. The summed E-state index contributed by atoms with van der Waals surface area (Å²) in [7, 11) is 0.357. The molecule has 0 radical (unpaired) electrons. The predicted molar refractivity (Wildman–Crippen MR) is 72.6 cm³/mol. The van der Waals surface area contributed by atoms with Crippen LogP contribution in [0.25, 0.3) is 0 Å². The van der Waals surface area contributed by atoms with Crippen molar-refractivity contribution in [3.05, 3.63) is 0 Å². The van der Waals surface area contributed by atoms with Crippen LogP contribution in [0.5, 0.6) is 0 Å². The van der Waals surface area contributed by atoms with Crippen molar-refractivity contribution in [2.24, 2.45) is 0 Å². The first kappa shape index (κ1) is 14.2. The molecule has 2 aliphatic rings. The highest BCUT2D eigenvalue weighted by Gasteiger charge is 2.38. The summed E-state index contributed by atoms with van der Waals surface area (Å²) >= 11 is 0. The van der Waals surface area contributed by atoms with Crippen LogP contribution in [-0.2, 0) is 10.2 Å². The van der Waals surface area contributed by atoms with E-state index in [-0.39, 0.29) is 12.1 Å². The topological polar surface area (TPSA) is 52.7 Å². The molecular weight excluding hydrogens is 250 g/mol. The van der Waals surface area contributed by atoms with Crippen LogP contribution in [-0.4, -0.2) is 56.3 Å². The molecule has 1 saturated heterocycles. The summed E-state index contributed by atoms with van der Waals surface area (Å²) in [6.07, 6.45) is 6.27. The zero-order chi connectivity index (χ0) is 13.2. The zero-order valence-corrected chi connectivity index (χ0v) is 12.2. The van der Waals surface area contributed by atoms with Crippen LogP contribution in [0.15, 0.2) is 0 Å². The van der Waals surface area contributed by atoms with Crippen molar-refractivity contribution in [2.45, 2.75) is 50.6 Å². The highest BCUT2D eigenvalue weighted by atomic mass is 32.2. The zero-order valence-electron chi connectivity index (χ0n) is 11.4. The van der Waals surface area contributed by atoms with E-state index in [2.05, 4.69) is 5.32 Å². The van der Waals surface area contributed by atoms with Gasteiger partial charge in [-0.3, -0.25) is 0 Å². The van der Waals surface area contributed by atoms with Crippen molar-refractivity contribution in [1.29, 1.82) is 0 Å². The molecule has 2 fully saturated rings. The lowest BCUT2D eigenvalue weighted by Crippen LogP contribution is -2.55. The third-order valence-corrected chi connectivity index (χ3v) is 6.36. The number of hydrogen-bond acceptors (Lipinski definition) is 3. The second-order valence-corrected chi connectivity index (χ2v) is 7.37. The quantitative estimate of drug-likeness (QED) is 0.807. The number of nitrogens with one attached hydrogen (secondary N) is 1. The number of likely N-dealkylation sites (N-methyl/N-ethyl adjacent to an activating group) is 1. The van der Waals surface area contributed by atoms with Crippen LogP contribution in [0.3, 0.4) is 0 Å². The third kappa shape index (κ3) is 2.71. The SMILES string of the molecule is CNCC1CCCCN1S(=O)(=O)N(C)C1CCC1. The smallest absolute Gasteiger partial charge is 0.282 e. The maximum Gasteiger partial charge on any atom is 0.282 e. The first-order valence-electron chi connectivity index (χ1n) is 6.96. The molecule has 0 aromatic rings. The lowest BCUT2D eigenvalue weighted by atomic mass is 9.94. The van der Waals surface area contributed by atoms with Gasteiger partial charge < -0.3 is 5.32 Å². The first-order valence-corrected chi connectivity index (χ1v) is 8.36. The Bertz CT molecular complexity index is 366. The average Bonchev–Trinajstić information content (AvgIpc) is 2.27. The van der Waals surface area contributed by atoms with E-state index in [1.807, 2.05) is 7.05 Å². The van der Waals surface area contributed by atoms with Crippen molar-refractivity contribution in [3.8, 4) is 0 Å². The van der Waals surface area contributed by atoms with Crippen LogP contribution >= 0.6 is 0 Å². The summed E-state index contributed by atoms with van der Waals surface area (Å²) < 4.78 is 28.6. The summed E-state index contributed by atoms with van der Waals surface area (Å²) in [6, 6.07) is 0.350. The van der Waals surface area contributed by atoms with Gasteiger partial charge in [0.05, 0.1) is 0 Å². The second-order valence-electron chi connectivity index (χ2n) is 5.43. The molecule has 1 heterocycles. The standard InChI is InChI=1S/C12H25N3O2S/c1-13-10-12-6-3-4-9-15(12)18(16,17)14(2)11-7-5-8-11/h11-13H,3-10H2,1-2H3. The van der Waals surface area contributed by atoms with E-state index in [0.29, 0.717) is 6.54 Å². The normalized spacial score (nSPS) is 27.4. The molecule has 0 amide bonds. The Morgan fingerprint density at radius 1 is 1.22 bits per heavy atom. The van der Waals surface area contributed by atoms with E-state index in [1.54, 1.807) is 15.7 Å². The number of rotatable bonds is 5. The van der Waals surface area contributed by atoms with Crippen LogP contribution in [0.4, 0.5) is 0 Å². The molecule has 1 atom stereocenters. The maximum atomic E-state index is 12.6. The van der Waals surface area contributed by atoms with E-state index in [4.69, 9.17) is 0 Å². The number of hydrogen-bond donors (Lipinski definition) is 1. The minimum absolute atomic E-state index is 0.122. The van der Waals surface area contributed by atoms with Gasteiger partial charge in [0.2, 0.25) is 0 Å². The van der Waals surface area contributed by atoms with Crippen molar-refractivity contribution < 1.29 is 8.42 Å². The minimum atomic E-state index is -3.27. The van der Waals surface area contributed by atoms with E-state index >= 15 is 0 Å². The highest BCUT2D eigenvalue weighted by molar-refractivity contribution is 7.86. The van der Waals surface area contributed by atoms with Gasteiger partial charge in [0, 0.05) is 32.2 Å². The summed E-state index contributed by atoms with van der Waals surface area (Å²) in [6.45, 7) is 1.42. The molecular formula is C12H25N3O2S. The molecule has 0 aromatic heterocycles. The van der Waals surface area contributed by atoms with Gasteiger partial charge in [0.1, 0.15) is 0 Å². The summed E-state index contributed by atoms with van der Waals surface area (Å²) in [5.41, 5.74) is 0. The van der Waals surface area contributed by atoms with Gasteiger partial charge in [-0.25, -0.2) is 0 Å². The van der Waals surface area contributed by atoms with Gasteiger partial charge in [-0.15, -0.1) is 0 Å². The van der Waals surface area contributed by atoms with E-state index < -0.39 is 10.2 Å². The molecule has 106 valence electrons. The third-order valence-electron chi connectivity index (χ3n) is 4.26. The van der Waals surface area contributed by atoms with E-state index in [1.165, 1.54) is 0 Å². The molecule has 0 bridgehead atoms. The summed E-state index contributed by atoms with van der Waals surface area (Å²) in [5.74, 6) is 0. The molecule has 1 N–H and O–H groups in total. The Hall–Kier alpha value is -0.170.